The molecule has 6 heteroatoms. The van der Waals surface area contributed by atoms with E-state index in [4.69, 9.17) is 4.74 Å². The molecule has 1 aromatic heterocycles. The van der Waals surface area contributed by atoms with Gasteiger partial charge >= 0.3 is 11.6 Å². The first-order valence-corrected chi connectivity index (χ1v) is 5.38. The highest BCUT2D eigenvalue weighted by Gasteiger charge is 2.24. The molecule has 92 valence electrons. The smallest absolute Gasteiger partial charge is 0.352 e. The van der Waals surface area contributed by atoms with Crippen molar-refractivity contribution in [3.05, 3.63) is 15.8 Å². The number of nitrogens with zero attached hydrogens (tertiary/aromatic N) is 3. The van der Waals surface area contributed by atoms with Gasteiger partial charge in [0.05, 0.1) is 11.5 Å². The molecule has 0 bridgehead atoms. The van der Waals surface area contributed by atoms with Crippen LogP contribution in [0.15, 0.2) is 0 Å². The molecule has 0 radical (unpaired) electrons. The summed E-state index contributed by atoms with van der Waals surface area (Å²) in [6, 6.07) is 0. The van der Waals surface area contributed by atoms with Gasteiger partial charge in [0, 0.05) is 7.05 Å². The zero-order valence-corrected chi connectivity index (χ0v) is 10.5. The molecule has 0 saturated heterocycles. The van der Waals surface area contributed by atoms with E-state index in [0.29, 0.717) is 12.3 Å². The van der Waals surface area contributed by atoms with Crippen molar-refractivity contribution in [2.24, 2.45) is 7.05 Å². The third-order valence-electron chi connectivity index (χ3n) is 1.90. The number of ether oxygens (including phenoxy) is 1. The lowest BCUT2D eigenvalue weighted by molar-refractivity contribution is -0.386. The first kappa shape index (κ1) is 14.4. The Bertz CT molecular complexity index is 347. The van der Waals surface area contributed by atoms with E-state index in [1.807, 2.05) is 20.8 Å². The fourth-order valence-corrected chi connectivity index (χ4v) is 1.07. The van der Waals surface area contributed by atoms with E-state index >= 15 is 0 Å². The molecule has 0 spiro atoms. The SMILES string of the molecule is CC.CCCOc1nn(C)c(C)c1[N+](=O)[O-]. The molecule has 0 aliphatic rings. The highest BCUT2D eigenvalue weighted by Crippen LogP contribution is 2.28. The number of rotatable bonds is 4. The molecule has 0 fully saturated rings. The van der Waals surface area contributed by atoms with Crippen LogP contribution >= 0.6 is 0 Å². The summed E-state index contributed by atoms with van der Waals surface area (Å²) in [5.74, 6) is 0.108. The molecule has 1 aromatic rings. The van der Waals surface area contributed by atoms with Crippen molar-refractivity contribution in [3.63, 3.8) is 0 Å². The first-order valence-electron chi connectivity index (χ1n) is 5.38. The molecule has 0 unspecified atom stereocenters. The molecule has 16 heavy (non-hydrogen) atoms. The average molecular weight is 229 g/mol. The lowest BCUT2D eigenvalue weighted by Crippen LogP contribution is -1.98. The highest BCUT2D eigenvalue weighted by atomic mass is 16.6. The Morgan fingerprint density at radius 2 is 2.06 bits per heavy atom. The quantitative estimate of drug-likeness (QED) is 0.587. The topological polar surface area (TPSA) is 70.2 Å². The van der Waals surface area contributed by atoms with Crippen molar-refractivity contribution < 1.29 is 9.66 Å². The largest absolute Gasteiger partial charge is 0.472 e. The van der Waals surface area contributed by atoms with Crippen LogP contribution in [0.3, 0.4) is 0 Å². The van der Waals surface area contributed by atoms with Gasteiger partial charge in [0.2, 0.25) is 0 Å². The summed E-state index contributed by atoms with van der Waals surface area (Å²) in [7, 11) is 1.65. The maximum Gasteiger partial charge on any atom is 0.352 e. The fourth-order valence-electron chi connectivity index (χ4n) is 1.07. The molecule has 0 N–H and O–H groups in total. The van der Waals surface area contributed by atoms with Gasteiger partial charge < -0.3 is 4.74 Å². The summed E-state index contributed by atoms with van der Waals surface area (Å²) in [4.78, 5) is 10.2. The Kier molecular flexibility index (Phi) is 6.14. The molecule has 1 heterocycles. The molecule has 0 aliphatic carbocycles. The highest BCUT2D eigenvalue weighted by molar-refractivity contribution is 5.45. The van der Waals surface area contributed by atoms with Crippen molar-refractivity contribution in [2.75, 3.05) is 6.61 Å². The molecular formula is C10H19N3O3. The molecule has 6 nitrogen and oxygen atoms in total. The zero-order valence-electron chi connectivity index (χ0n) is 10.5. The van der Waals surface area contributed by atoms with Crippen LogP contribution in [0.5, 0.6) is 5.88 Å². The van der Waals surface area contributed by atoms with Crippen LogP contribution in [0.1, 0.15) is 32.9 Å². The van der Waals surface area contributed by atoms with E-state index in [9.17, 15) is 10.1 Å². The fraction of sp³-hybridized carbons (Fsp3) is 0.700. The third kappa shape index (κ3) is 3.22. The number of hydrogen-bond acceptors (Lipinski definition) is 4. The van der Waals surface area contributed by atoms with Crippen LogP contribution in [-0.4, -0.2) is 21.3 Å². The first-order chi connectivity index (χ1) is 7.57. The van der Waals surface area contributed by atoms with Crippen molar-refractivity contribution in [1.82, 2.24) is 9.78 Å². The maximum absolute atomic E-state index is 10.7. The number of aryl methyl sites for hydroxylation is 1. The average Bonchev–Trinajstić information content (AvgIpc) is 2.55. The minimum absolute atomic E-state index is 0.0408. The summed E-state index contributed by atoms with van der Waals surface area (Å²) in [5, 5.41) is 14.6. The van der Waals surface area contributed by atoms with Crippen molar-refractivity contribution in [3.8, 4) is 5.88 Å². The second-order valence-electron chi connectivity index (χ2n) is 2.97. The summed E-state index contributed by atoms with van der Waals surface area (Å²) >= 11 is 0. The Balaban J connectivity index is 0.00000106. The van der Waals surface area contributed by atoms with Crippen LogP contribution in [0, 0.1) is 17.0 Å². The normalized spacial score (nSPS) is 9.31. The van der Waals surface area contributed by atoms with E-state index < -0.39 is 4.92 Å². The Morgan fingerprint density at radius 3 is 2.50 bits per heavy atom. The second kappa shape index (κ2) is 6.81. The summed E-state index contributed by atoms with van der Waals surface area (Å²) < 4.78 is 6.62. The van der Waals surface area contributed by atoms with E-state index in [1.54, 1.807) is 14.0 Å². The van der Waals surface area contributed by atoms with Gasteiger partial charge in [-0.05, 0) is 13.3 Å². The van der Waals surface area contributed by atoms with Gasteiger partial charge in [-0.15, -0.1) is 5.10 Å². The van der Waals surface area contributed by atoms with Gasteiger partial charge in [-0.25, -0.2) is 0 Å². The Hall–Kier alpha value is -1.59. The number of hydrogen-bond donors (Lipinski definition) is 0. The van der Waals surface area contributed by atoms with Crippen molar-refractivity contribution in [1.29, 1.82) is 0 Å². The van der Waals surface area contributed by atoms with E-state index in [0.717, 1.165) is 6.42 Å². The van der Waals surface area contributed by atoms with E-state index in [1.165, 1.54) is 4.68 Å². The van der Waals surface area contributed by atoms with Crippen LogP contribution in [0.2, 0.25) is 0 Å². The lowest BCUT2D eigenvalue weighted by Gasteiger charge is -1.98. The number of nitro groups is 1. The molecule has 0 saturated carbocycles. The molecular weight excluding hydrogens is 210 g/mol. The minimum atomic E-state index is -0.465. The molecule has 0 amide bonds. The van der Waals surface area contributed by atoms with Crippen LogP contribution in [0.4, 0.5) is 5.69 Å². The van der Waals surface area contributed by atoms with Gasteiger partial charge in [-0.3, -0.25) is 14.8 Å². The predicted octanol–water partition coefficient (Wildman–Crippen LogP) is 2.45. The third-order valence-corrected chi connectivity index (χ3v) is 1.90. The van der Waals surface area contributed by atoms with E-state index in [-0.39, 0.29) is 11.6 Å². The maximum atomic E-state index is 10.7. The zero-order chi connectivity index (χ0) is 12.7. The van der Waals surface area contributed by atoms with Crippen LogP contribution in [0.25, 0.3) is 0 Å². The standard InChI is InChI=1S/C8H13N3O3.C2H6/c1-4-5-14-8-7(11(12)13)6(2)10(3)9-8;1-2/h4-5H2,1-3H3;1-2H3. The molecule has 1 rings (SSSR count). The minimum Gasteiger partial charge on any atom is -0.472 e. The Morgan fingerprint density at radius 1 is 1.50 bits per heavy atom. The molecule has 0 atom stereocenters. The van der Waals surface area contributed by atoms with Crippen molar-refractivity contribution >= 4 is 5.69 Å². The van der Waals surface area contributed by atoms with Crippen LogP contribution < -0.4 is 4.74 Å². The summed E-state index contributed by atoms with van der Waals surface area (Å²) in [6.45, 7) is 8.02. The van der Waals surface area contributed by atoms with Crippen molar-refractivity contribution in [2.45, 2.75) is 34.1 Å². The van der Waals surface area contributed by atoms with Crippen LogP contribution in [-0.2, 0) is 7.05 Å². The van der Waals surface area contributed by atoms with Gasteiger partial charge in [-0.2, -0.15) is 0 Å². The van der Waals surface area contributed by atoms with Gasteiger partial charge in [0.15, 0.2) is 0 Å². The summed E-state index contributed by atoms with van der Waals surface area (Å²) in [5.41, 5.74) is 0.460. The van der Waals surface area contributed by atoms with Gasteiger partial charge in [0.1, 0.15) is 5.69 Å². The summed E-state index contributed by atoms with van der Waals surface area (Å²) in [6.07, 6.45) is 0.798. The number of aromatic nitrogens is 2. The monoisotopic (exact) mass is 229 g/mol. The van der Waals surface area contributed by atoms with Gasteiger partial charge in [0.25, 0.3) is 0 Å². The van der Waals surface area contributed by atoms with E-state index in [2.05, 4.69) is 5.10 Å². The predicted molar refractivity (Wildman–Crippen MR) is 61.7 cm³/mol. The molecule has 0 aromatic carbocycles. The molecule has 0 aliphatic heterocycles. The lowest BCUT2D eigenvalue weighted by atomic mass is 10.4. The Labute approximate surface area is 95.4 Å². The van der Waals surface area contributed by atoms with Gasteiger partial charge in [-0.1, -0.05) is 20.8 Å². The second-order valence-corrected chi connectivity index (χ2v) is 2.97.